The number of oxime groups is 1. The standard InChI is InChI=1S/C13H19N3O2/c1-13(2,3)12(17)15-10(11(14)16-18)9-7-5-4-6-8-9/h4-8,10,18H,1-3H3,(H2,14,16)(H,15,17). The van der Waals surface area contributed by atoms with Crippen LogP contribution in [0.4, 0.5) is 0 Å². The van der Waals surface area contributed by atoms with E-state index >= 15 is 0 Å². The monoisotopic (exact) mass is 249 g/mol. The van der Waals surface area contributed by atoms with Crippen LogP contribution in [0.5, 0.6) is 0 Å². The van der Waals surface area contributed by atoms with Crippen molar-refractivity contribution in [2.75, 3.05) is 0 Å². The molecule has 0 aromatic heterocycles. The molecule has 4 N–H and O–H groups in total. The average molecular weight is 249 g/mol. The van der Waals surface area contributed by atoms with Gasteiger partial charge in [0.2, 0.25) is 5.91 Å². The maximum Gasteiger partial charge on any atom is 0.226 e. The van der Waals surface area contributed by atoms with Gasteiger partial charge in [0.25, 0.3) is 0 Å². The minimum Gasteiger partial charge on any atom is -0.409 e. The molecule has 18 heavy (non-hydrogen) atoms. The number of nitrogens with one attached hydrogen (secondary N) is 1. The van der Waals surface area contributed by atoms with Gasteiger partial charge < -0.3 is 16.3 Å². The largest absolute Gasteiger partial charge is 0.409 e. The summed E-state index contributed by atoms with van der Waals surface area (Å²) in [5.74, 6) is -0.207. The van der Waals surface area contributed by atoms with E-state index in [1.807, 2.05) is 30.3 Å². The Labute approximate surface area is 107 Å². The second-order valence-electron chi connectivity index (χ2n) is 5.09. The molecule has 5 nitrogen and oxygen atoms in total. The summed E-state index contributed by atoms with van der Waals surface area (Å²) in [7, 11) is 0. The van der Waals surface area contributed by atoms with Crippen LogP contribution < -0.4 is 11.1 Å². The maximum absolute atomic E-state index is 12.0. The van der Waals surface area contributed by atoms with E-state index in [1.54, 1.807) is 20.8 Å². The van der Waals surface area contributed by atoms with Gasteiger partial charge in [-0.3, -0.25) is 4.79 Å². The zero-order valence-electron chi connectivity index (χ0n) is 10.8. The lowest BCUT2D eigenvalue weighted by Gasteiger charge is -2.23. The lowest BCUT2D eigenvalue weighted by atomic mass is 9.94. The summed E-state index contributed by atoms with van der Waals surface area (Å²) in [5.41, 5.74) is 5.86. The maximum atomic E-state index is 12.0. The SMILES string of the molecule is CC(C)(C)C(=O)NC(/C(N)=N/O)c1ccccc1. The number of benzene rings is 1. The van der Waals surface area contributed by atoms with E-state index in [9.17, 15) is 4.79 Å². The molecule has 1 rings (SSSR count). The molecule has 5 heteroatoms. The molecule has 98 valence electrons. The van der Waals surface area contributed by atoms with E-state index in [-0.39, 0.29) is 11.7 Å². The van der Waals surface area contributed by atoms with Gasteiger partial charge in [-0.2, -0.15) is 0 Å². The Hall–Kier alpha value is -2.04. The summed E-state index contributed by atoms with van der Waals surface area (Å²) in [6.45, 7) is 5.41. The minimum atomic E-state index is -0.622. The number of amidine groups is 1. The molecule has 0 saturated carbocycles. The minimum absolute atomic E-state index is 0.0428. The molecule has 0 radical (unpaired) electrons. The van der Waals surface area contributed by atoms with Crippen molar-refractivity contribution in [3.05, 3.63) is 35.9 Å². The van der Waals surface area contributed by atoms with Crippen LogP contribution in [0.1, 0.15) is 32.4 Å². The smallest absolute Gasteiger partial charge is 0.226 e. The van der Waals surface area contributed by atoms with E-state index in [0.29, 0.717) is 0 Å². The van der Waals surface area contributed by atoms with Crippen molar-refractivity contribution in [1.82, 2.24) is 5.32 Å². The number of nitrogens with two attached hydrogens (primary N) is 1. The van der Waals surface area contributed by atoms with E-state index < -0.39 is 11.5 Å². The Bertz CT molecular complexity index is 435. The molecule has 0 saturated heterocycles. The summed E-state index contributed by atoms with van der Waals surface area (Å²) in [6, 6.07) is 8.52. The molecule has 0 fully saturated rings. The number of rotatable bonds is 3. The van der Waals surface area contributed by atoms with Crippen molar-refractivity contribution in [1.29, 1.82) is 0 Å². The van der Waals surface area contributed by atoms with Crippen LogP contribution in [-0.2, 0) is 4.79 Å². The van der Waals surface area contributed by atoms with Crippen LogP contribution in [0, 0.1) is 5.41 Å². The van der Waals surface area contributed by atoms with Crippen molar-refractivity contribution < 1.29 is 10.0 Å². The molecule has 1 aromatic carbocycles. The van der Waals surface area contributed by atoms with Crippen molar-refractivity contribution in [3.8, 4) is 0 Å². The first-order valence-corrected chi connectivity index (χ1v) is 5.69. The Morgan fingerprint density at radius 2 is 1.89 bits per heavy atom. The average Bonchev–Trinajstić information content (AvgIpc) is 2.34. The van der Waals surface area contributed by atoms with Crippen molar-refractivity contribution >= 4 is 11.7 Å². The van der Waals surface area contributed by atoms with Crippen LogP contribution >= 0.6 is 0 Å². The van der Waals surface area contributed by atoms with Crippen LogP contribution in [-0.4, -0.2) is 17.0 Å². The molecule has 1 amide bonds. The summed E-state index contributed by atoms with van der Waals surface area (Å²) in [5, 5.41) is 14.5. The van der Waals surface area contributed by atoms with Crippen LogP contribution in [0.15, 0.2) is 35.5 Å². The van der Waals surface area contributed by atoms with E-state index in [2.05, 4.69) is 10.5 Å². The number of hydrogen-bond acceptors (Lipinski definition) is 3. The Morgan fingerprint density at radius 1 is 1.33 bits per heavy atom. The van der Waals surface area contributed by atoms with Gasteiger partial charge in [-0.25, -0.2) is 0 Å². The van der Waals surface area contributed by atoms with Gasteiger partial charge in [-0.1, -0.05) is 56.3 Å². The fourth-order valence-corrected chi connectivity index (χ4v) is 1.38. The number of carbonyl (C=O) groups excluding carboxylic acids is 1. The lowest BCUT2D eigenvalue weighted by molar-refractivity contribution is -0.128. The van der Waals surface area contributed by atoms with Crippen molar-refractivity contribution in [3.63, 3.8) is 0 Å². The van der Waals surface area contributed by atoms with Gasteiger partial charge >= 0.3 is 0 Å². The Kier molecular flexibility index (Phi) is 4.31. The Balaban J connectivity index is 2.99. The molecule has 1 aromatic rings. The molecule has 0 aliphatic heterocycles. The number of amides is 1. The van der Waals surface area contributed by atoms with Crippen LogP contribution in [0.2, 0.25) is 0 Å². The van der Waals surface area contributed by atoms with E-state index in [0.717, 1.165) is 5.56 Å². The molecule has 0 aliphatic rings. The third kappa shape index (κ3) is 3.48. The normalized spacial score (nSPS) is 14.1. The highest BCUT2D eigenvalue weighted by Crippen LogP contribution is 2.18. The molecule has 0 bridgehead atoms. The van der Waals surface area contributed by atoms with Crippen LogP contribution in [0.3, 0.4) is 0 Å². The summed E-state index contributed by atoms with van der Waals surface area (Å²) >= 11 is 0. The first-order chi connectivity index (χ1) is 8.36. The molecule has 1 atom stereocenters. The highest BCUT2D eigenvalue weighted by atomic mass is 16.4. The zero-order valence-corrected chi connectivity index (χ0v) is 10.8. The zero-order chi connectivity index (χ0) is 13.8. The lowest BCUT2D eigenvalue weighted by Crippen LogP contribution is -2.42. The van der Waals surface area contributed by atoms with E-state index in [1.165, 1.54) is 0 Å². The fourth-order valence-electron chi connectivity index (χ4n) is 1.38. The van der Waals surface area contributed by atoms with Gasteiger partial charge in [-0.15, -0.1) is 0 Å². The molecular weight excluding hydrogens is 230 g/mol. The summed E-state index contributed by atoms with van der Waals surface area (Å²) < 4.78 is 0. The summed E-state index contributed by atoms with van der Waals surface area (Å²) in [4.78, 5) is 12.0. The van der Waals surface area contributed by atoms with Gasteiger partial charge in [0.1, 0.15) is 6.04 Å². The molecule has 0 aliphatic carbocycles. The van der Waals surface area contributed by atoms with Crippen molar-refractivity contribution in [2.45, 2.75) is 26.8 Å². The quantitative estimate of drug-likeness (QED) is 0.329. The molecule has 0 heterocycles. The Morgan fingerprint density at radius 3 is 2.33 bits per heavy atom. The fraction of sp³-hybridized carbons (Fsp3) is 0.385. The van der Waals surface area contributed by atoms with Gasteiger partial charge in [0.05, 0.1) is 0 Å². The second kappa shape index (κ2) is 5.53. The third-order valence-electron chi connectivity index (χ3n) is 2.50. The molecule has 1 unspecified atom stereocenters. The number of carbonyl (C=O) groups is 1. The van der Waals surface area contributed by atoms with E-state index in [4.69, 9.17) is 10.9 Å². The number of hydrogen-bond donors (Lipinski definition) is 3. The predicted octanol–water partition coefficient (Wildman–Crippen LogP) is 1.64. The number of nitrogens with zero attached hydrogens (tertiary/aromatic N) is 1. The first kappa shape index (κ1) is 14.0. The second-order valence-corrected chi connectivity index (χ2v) is 5.09. The highest BCUT2D eigenvalue weighted by Gasteiger charge is 2.26. The van der Waals surface area contributed by atoms with Gasteiger partial charge in [0, 0.05) is 5.41 Å². The predicted molar refractivity (Wildman–Crippen MR) is 70.2 cm³/mol. The topological polar surface area (TPSA) is 87.7 Å². The van der Waals surface area contributed by atoms with Crippen LogP contribution in [0.25, 0.3) is 0 Å². The molecule has 0 spiro atoms. The summed E-state index contributed by atoms with van der Waals surface area (Å²) in [6.07, 6.45) is 0. The van der Waals surface area contributed by atoms with Gasteiger partial charge in [-0.05, 0) is 5.56 Å². The highest BCUT2D eigenvalue weighted by molar-refractivity contribution is 5.92. The third-order valence-corrected chi connectivity index (χ3v) is 2.50. The van der Waals surface area contributed by atoms with Crippen molar-refractivity contribution in [2.24, 2.45) is 16.3 Å². The first-order valence-electron chi connectivity index (χ1n) is 5.69. The van der Waals surface area contributed by atoms with Gasteiger partial charge in [0.15, 0.2) is 5.84 Å². The molecular formula is C13H19N3O2.